The second-order valence-corrected chi connectivity index (χ2v) is 4.60. The van der Waals surface area contributed by atoms with Crippen LogP contribution in [0.2, 0.25) is 0 Å². The van der Waals surface area contributed by atoms with Crippen molar-refractivity contribution in [3.8, 4) is 23.3 Å². The molecule has 0 atom stereocenters. The first-order valence-electron chi connectivity index (χ1n) is 7.02. The zero-order valence-electron chi connectivity index (χ0n) is 13.0. The monoisotopic (exact) mass is 360 g/mol. The maximum absolute atomic E-state index is 11.8. The summed E-state index contributed by atoms with van der Waals surface area (Å²) in [4.78, 5) is 11.8. The van der Waals surface area contributed by atoms with Crippen molar-refractivity contribution in [3.63, 3.8) is 0 Å². The summed E-state index contributed by atoms with van der Waals surface area (Å²) < 4.78 is 4.94. The number of phenolic OH excluding ortho intramolecular Hbond substituents is 1. The molecule has 0 radical (unpaired) electrons. The summed E-state index contributed by atoms with van der Waals surface area (Å²) >= 11 is 0. The van der Waals surface area contributed by atoms with E-state index in [2.05, 4.69) is 11.8 Å². The topological polar surface area (TPSA) is 46.5 Å². The Bertz CT molecular complexity index is 774. The van der Waals surface area contributed by atoms with Crippen LogP contribution in [0, 0.1) is 11.8 Å². The summed E-state index contributed by atoms with van der Waals surface area (Å²) in [5.41, 5.74) is 0.950. The van der Waals surface area contributed by atoms with E-state index >= 15 is 0 Å². The Labute approximate surface area is 152 Å². The molecule has 0 aliphatic rings. The molecule has 0 saturated heterocycles. The van der Waals surface area contributed by atoms with Gasteiger partial charge in [-0.1, -0.05) is 5.92 Å². The minimum atomic E-state index is -0.420. The van der Waals surface area contributed by atoms with Gasteiger partial charge in [0, 0.05) is 6.07 Å². The number of ketones is 1. The van der Waals surface area contributed by atoms with E-state index in [1.54, 1.807) is 6.07 Å². The molecule has 0 saturated carbocycles. The van der Waals surface area contributed by atoms with Crippen LogP contribution in [0.1, 0.15) is 15.9 Å². The number of hydrogen-bond donors (Lipinski definition) is 1. The van der Waals surface area contributed by atoms with Crippen LogP contribution in [0.5, 0.6) is 11.5 Å². The molecule has 0 aliphatic heterocycles. The van der Waals surface area contributed by atoms with Gasteiger partial charge >= 0.3 is 17.1 Å². The van der Waals surface area contributed by atoms with E-state index in [1.807, 2.05) is 54.6 Å². The third-order valence-corrected chi connectivity index (χ3v) is 2.99. The molecular formula is C20H16FeO3. The second-order valence-electron chi connectivity index (χ2n) is 4.60. The van der Waals surface area contributed by atoms with E-state index < -0.39 is 5.78 Å². The Kier molecular flexibility index (Phi) is 8.15. The molecule has 3 aromatic rings. The number of carbonyl (C=O) groups excluding carboxylic acids is 1. The van der Waals surface area contributed by atoms with Crippen molar-refractivity contribution in [1.29, 1.82) is 0 Å². The predicted molar refractivity (Wildman–Crippen MR) is 89.9 cm³/mol. The first-order valence-corrected chi connectivity index (χ1v) is 7.02. The largest absolute Gasteiger partial charge is 2.00 e. The minimum Gasteiger partial charge on any atom is -0.507 e. The Balaban J connectivity index is 0.000000412. The number of methoxy groups -OCH3 is 1. The average molecular weight is 360 g/mol. The summed E-state index contributed by atoms with van der Waals surface area (Å²) in [6.45, 7) is 0. The summed E-state index contributed by atoms with van der Waals surface area (Å²) in [5.74, 6) is 5.17. The van der Waals surface area contributed by atoms with Crippen LogP contribution in [-0.2, 0) is 17.1 Å². The van der Waals surface area contributed by atoms with Crippen molar-refractivity contribution >= 4 is 5.78 Å². The van der Waals surface area contributed by atoms with Crippen LogP contribution in [0.4, 0.5) is 0 Å². The zero-order valence-corrected chi connectivity index (χ0v) is 14.1. The van der Waals surface area contributed by atoms with E-state index in [-0.39, 0.29) is 28.4 Å². The van der Waals surface area contributed by atoms with Gasteiger partial charge in [0.25, 0.3) is 0 Å². The first-order chi connectivity index (χ1) is 11.2. The van der Waals surface area contributed by atoms with Crippen LogP contribution in [0.15, 0.2) is 72.8 Å². The summed E-state index contributed by atoms with van der Waals surface area (Å²) in [7, 11) is 1.49. The Morgan fingerprint density at radius 2 is 1.88 bits per heavy atom. The molecular weight excluding hydrogens is 344 g/mol. The average Bonchev–Trinajstić information content (AvgIpc) is 3.28. The maximum atomic E-state index is 11.8. The van der Waals surface area contributed by atoms with Crippen molar-refractivity contribution in [3.05, 3.63) is 83.9 Å². The number of ether oxygens (including phenoxy) is 1. The molecule has 3 aromatic carbocycles. The molecule has 0 spiro atoms. The number of carbonyl (C=O) groups is 1. The van der Waals surface area contributed by atoms with Gasteiger partial charge in [-0.05, 0) is 12.1 Å². The number of benzene rings is 1. The smallest absolute Gasteiger partial charge is 0.507 e. The molecule has 1 N–H and O–H groups in total. The number of Topliss-reactive ketones (excluding diaryl/α,β-unsaturated/α-hetero) is 1. The molecule has 122 valence electrons. The van der Waals surface area contributed by atoms with Crippen LogP contribution in [0.3, 0.4) is 0 Å². The summed E-state index contributed by atoms with van der Waals surface area (Å²) in [6.07, 6.45) is 0. The van der Waals surface area contributed by atoms with Crippen molar-refractivity contribution in [2.45, 2.75) is 0 Å². The van der Waals surface area contributed by atoms with E-state index in [0.717, 1.165) is 5.56 Å². The van der Waals surface area contributed by atoms with E-state index in [1.165, 1.54) is 19.2 Å². The number of rotatable bonds is 2. The maximum Gasteiger partial charge on any atom is 2.00 e. The fraction of sp³-hybridized carbons (Fsp3) is 0.0500. The van der Waals surface area contributed by atoms with Gasteiger partial charge in [-0.25, -0.2) is 12.1 Å². The fourth-order valence-corrected chi connectivity index (χ4v) is 1.80. The van der Waals surface area contributed by atoms with Crippen molar-refractivity contribution in [2.75, 3.05) is 7.11 Å². The van der Waals surface area contributed by atoms with Gasteiger partial charge in [-0.15, -0.1) is 11.6 Å². The van der Waals surface area contributed by atoms with E-state index in [4.69, 9.17) is 4.74 Å². The zero-order chi connectivity index (χ0) is 16.5. The molecule has 3 nitrogen and oxygen atoms in total. The molecule has 0 heterocycles. The second kappa shape index (κ2) is 10.1. The van der Waals surface area contributed by atoms with Gasteiger partial charge in [-0.2, -0.15) is 42.3 Å². The third-order valence-electron chi connectivity index (χ3n) is 2.99. The Hall–Kier alpha value is -2.73. The normalized spacial score (nSPS) is 8.71. The first kappa shape index (κ1) is 19.3. The standard InChI is InChI=1S/C15H11O3.C5H5.Fe/c1-18-12-7-8-13(15(17)10-12)14(16)9-6-11-4-2-3-5-11;1-2-4-5-3-1;/h2-5,7-8,10,17H,1H3;1-5H;/q2*-1;+2. The van der Waals surface area contributed by atoms with Gasteiger partial charge < -0.3 is 9.84 Å². The van der Waals surface area contributed by atoms with Gasteiger partial charge in [0.1, 0.15) is 11.5 Å². The molecule has 0 amide bonds. The molecule has 0 bridgehead atoms. The van der Waals surface area contributed by atoms with Gasteiger partial charge in [0.15, 0.2) is 0 Å². The van der Waals surface area contributed by atoms with Crippen molar-refractivity contribution in [1.82, 2.24) is 0 Å². The fourth-order valence-electron chi connectivity index (χ4n) is 1.80. The van der Waals surface area contributed by atoms with Crippen LogP contribution in [-0.4, -0.2) is 18.0 Å². The summed E-state index contributed by atoms with van der Waals surface area (Å²) in [6, 6.07) is 21.8. The molecule has 24 heavy (non-hydrogen) atoms. The molecule has 0 unspecified atom stereocenters. The van der Waals surface area contributed by atoms with Crippen LogP contribution >= 0.6 is 0 Å². The molecule has 4 heteroatoms. The number of aromatic hydroxyl groups is 1. The van der Waals surface area contributed by atoms with E-state index in [9.17, 15) is 9.90 Å². The Morgan fingerprint density at radius 1 is 1.12 bits per heavy atom. The third kappa shape index (κ3) is 5.81. The molecule has 0 fully saturated rings. The van der Waals surface area contributed by atoms with Gasteiger partial charge in [-0.3, -0.25) is 4.79 Å². The van der Waals surface area contributed by atoms with Crippen LogP contribution in [0.25, 0.3) is 0 Å². The molecule has 0 aromatic heterocycles. The number of phenols is 1. The van der Waals surface area contributed by atoms with Gasteiger partial charge in [0.2, 0.25) is 5.78 Å². The molecule has 3 rings (SSSR count). The minimum absolute atomic E-state index is 0. The molecule has 0 aliphatic carbocycles. The van der Waals surface area contributed by atoms with Crippen LogP contribution < -0.4 is 4.74 Å². The quantitative estimate of drug-likeness (QED) is 0.328. The SMILES string of the molecule is COc1ccc(C(=O)C#Cc2ccc[cH-]2)c(O)c1.[Fe+2].c1cc[cH-]c1. The van der Waals surface area contributed by atoms with Crippen molar-refractivity contribution < 1.29 is 31.7 Å². The number of hydrogen-bond acceptors (Lipinski definition) is 3. The summed E-state index contributed by atoms with van der Waals surface area (Å²) in [5, 5.41) is 9.68. The Morgan fingerprint density at radius 3 is 2.38 bits per heavy atom. The van der Waals surface area contributed by atoms with E-state index in [0.29, 0.717) is 5.75 Å². The predicted octanol–water partition coefficient (Wildman–Crippen LogP) is 3.76. The van der Waals surface area contributed by atoms with Gasteiger partial charge in [0.05, 0.1) is 12.7 Å². The van der Waals surface area contributed by atoms with Crippen molar-refractivity contribution in [2.24, 2.45) is 0 Å².